The van der Waals surface area contributed by atoms with Gasteiger partial charge in [-0.3, -0.25) is 14.4 Å². The minimum atomic E-state index is -0.464. The highest BCUT2D eigenvalue weighted by atomic mass is 35.5. The van der Waals surface area contributed by atoms with Crippen LogP contribution in [0.25, 0.3) is 5.00 Å². The van der Waals surface area contributed by atoms with Gasteiger partial charge in [0.15, 0.2) is 5.82 Å². The van der Waals surface area contributed by atoms with Crippen molar-refractivity contribution in [3.63, 3.8) is 0 Å². The van der Waals surface area contributed by atoms with Gasteiger partial charge in [-0.25, -0.2) is 0 Å². The summed E-state index contributed by atoms with van der Waals surface area (Å²) in [7, 11) is 0. The van der Waals surface area contributed by atoms with Gasteiger partial charge in [0.2, 0.25) is 5.91 Å². The lowest BCUT2D eigenvalue weighted by molar-refractivity contribution is -0.121. The molecule has 0 radical (unpaired) electrons. The molecule has 0 bridgehead atoms. The number of benzene rings is 1. The molecule has 0 saturated heterocycles. The summed E-state index contributed by atoms with van der Waals surface area (Å²) in [5.41, 5.74) is 9.52. The SMILES string of the molecule is Cc1sc2c(c1C)C(c1ccc(Cl)cc1)=NC(CC(=O)NCCN)c1nnc(C)n1-2. The molecule has 1 amide bonds. The lowest BCUT2D eigenvalue weighted by atomic mass is 9.99. The monoisotopic (exact) mass is 442 g/mol. The summed E-state index contributed by atoms with van der Waals surface area (Å²) in [5.74, 6) is 1.32. The number of hydrogen-bond donors (Lipinski definition) is 2. The van der Waals surface area contributed by atoms with E-state index in [4.69, 9.17) is 22.3 Å². The summed E-state index contributed by atoms with van der Waals surface area (Å²) >= 11 is 7.80. The summed E-state index contributed by atoms with van der Waals surface area (Å²) in [6.45, 7) is 6.94. The van der Waals surface area contributed by atoms with Crippen LogP contribution in [0.15, 0.2) is 29.3 Å². The quantitative estimate of drug-likeness (QED) is 0.633. The fourth-order valence-electron chi connectivity index (χ4n) is 3.59. The van der Waals surface area contributed by atoms with Gasteiger partial charge in [-0.1, -0.05) is 23.7 Å². The molecule has 7 nitrogen and oxygen atoms in total. The summed E-state index contributed by atoms with van der Waals surface area (Å²) in [6, 6.07) is 7.16. The van der Waals surface area contributed by atoms with Crippen LogP contribution in [0.2, 0.25) is 5.02 Å². The Morgan fingerprint density at radius 1 is 1.23 bits per heavy atom. The molecule has 1 atom stereocenters. The molecule has 1 unspecified atom stereocenters. The Labute approximate surface area is 184 Å². The molecule has 1 aliphatic rings. The number of halogens is 1. The first kappa shape index (κ1) is 20.7. The zero-order valence-corrected chi connectivity index (χ0v) is 18.6. The zero-order chi connectivity index (χ0) is 21.4. The summed E-state index contributed by atoms with van der Waals surface area (Å²) in [6.07, 6.45) is 0.169. The van der Waals surface area contributed by atoms with E-state index in [2.05, 4.69) is 29.4 Å². The van der Waals surface area contributed by atoms with Crippen molar-refractivity contribution in [3.8, 4) is 5.00 Å². The average molecular weight is 443 g/mol. The van der Waals surface area contributed by atoms with Crippen LogP contribution in [0.4, 0.5) is 0 Å². The van der Waals surface area contributed by atoms with Crippen LogP contribution in [0.3, 0.4) is 0 Å². The Kier molecular flexibility index (Phi) is 5.73. The molecule has 4 rings (SSSR count). The molecule has 1 aromatic carbocycles. The number of nitrogens with one attached hydrogen (secondary N) is 1. The van der Waals surface area contributed by atoms with Crippen LogP contribution in [0.1, 0.15) is 45.7 Å². The van der Waals surface area contributed by atoms with Gasteiger partial charge in [0.25, 0.3) is 0 Å². The van der Waals surface area contributed by atoms with E-state index < -0.39 is 6.04 Å². The highest BCUT2D eigenvalue weighted by Crippen LogP contribution is 2.39. The Morgan fingerprint density at radius 2 is 1.97 bits per heavy atom. The Bertz CT molecular complexity index is 1130. The van der Waals surface area contributed by atoms with E-state index in [-0.39, 0.29) is 12.3 Å². The van der Waals surface area contributed by atoms with Crippen molar-refractivity contribution in [1.82, 2.24) is 20.1 Å². The van der Waals surface area contributed by atoms with E-state index >= 15 is 0 Å². The number of aliphatic imine (C=N–C) groups is 1. The number of carbonyl (C=O) groups excluding carboxylic acids is 1. The van der Waals surface area contributed by atoms with Gasteiger partial charge in [0.05, 0.1) is 12.1 Å². The van der Waals surface area contributed by atoms with Gasteiger partial charge in [0.1, 0.15) is 16.9 Å². The topological polar surface area (TPSA) is 98.2 Å². The summed E-state index contributed by atoms with van der Waals surface area (Å²) in [5, 5.41) is 13.2. The van der Waals surface area contributed by atoms with E-state index in [1.54, 1.807) is 11.3 Å². The van der Waals surface area contributed by atoms with Crippen LogP contribution in [0.5, 0.6) is 0 Å². The third kappa shape index (κ3) is 3.66. The third-order valence-corrected chi connectivity index (χ3v) is 6.65. The summed E-state index contributed by atoms with van der Waals surface area (Å²) < 4.78 is 2.04. The van der Waals surface area contributed by atoms with Crippen LogP contribution in [-0.4, -0.2) is 39.5 Å². The number of aryl methyl sites for hydroxylation is 2. The Balaban J connectivity index is 1.91. The van der Waals surface area contributed by atoms with Gasteiger partial charge in [0, 0.05) is 34.1 Å². The molecule has 3 heterocycles. The number of hydrogen-bond acceptors (Lipinski definition) is 6. The molecule has 0 saturated carbocycles. The average Bonchev–Trinajstić information content (AvgIpc) is 3.19. The maximum absolute atomic E-state index is 12.5. The van der Waals surface area contributed by atoms with Gasteiger partial charge >= 0.3 is 0 Å². The smallest absolute Gasteiger partial charge is 0.222 e. The first-order valence-electron chi connectivity index (χ1n) is 9.73. The minimum absolute atomic E-state index is 0.116. The van der Waals surface area contributed by atoms with E-state index in [1.807, 2.05) is 35.8 Å². The number of thiophene rings is 1. The lowest BCUT2D eigenvalue weighted by Gasteiger charge is -2.13. The largest absolute Gasteiger partial charge is 0.355 e. The van der Waals surface area contributed by atoms with Crippen molar-refractivity contribution in [3.05, 3.63) is 62.5 Å². The number of fused-ring (bicyclic) bond motifs is 3. The molecule has 3 aromatic rings. The molecule has 9 heteroatoms. The van der Waals surface area contributed by atoms with Gasteiger partial charge in [-0.2, -0.15) is 0 Å². The van der Waals surface area contributed by atoms with Crippen molar-refractivity contribution >= 4 is 34.6 Å². The van der Waals surface area contributed by atoms with E-state index in [0.717, 1.165) is 33.2 Å². The standard InChI is InChI=1S/C21H23ClN6OS/c1-11-12(2)30-21-18(11)19(14-4-6-15(22)7-5-14)25-16(10-17(29)24-9-8-23)20-27-26-13(3)28(20)21/h4-7,16H,8-10,23H2,1-3H3,(H,24,29). The van der Waals surface area contributed by atoms with Crippen molar-refractivity contribution < 1.29 is 4.79 Å². The molecule has 156 valence electrons. The number of amides is 1. The minimum Gasteiger partial charge on any atom is -0.355 e. The predicted octanol–water partition coefficient (Wildman–Crippen LogP) is 3.26. The van der Waals surface area contributed by atoms with Crippen molar-refractivity contribution in [2.45, 2.75) is 33.2 Å². The lowest BCUT2D eigenvalue weighted by Crippen LogP contribution is -2.30. The number of rotatable bonds is 5. The van der Waals surface area contributed by atoms with Crippen LogP contribution in [-0.2, 0) is 4.79 Å². The molecular weight excluding hydrogens is 420 g/mol. The second-order valence-electron chi connectivity index (χ2n) is 7.25. The fraction of sp³-hybridized carbons (Fsp3) is 0.333. The van der Waals surface area contributed by atoms with Gasteiger partial charge in [-0.15, -0.1) is 21.5 Å². The number of nitrogens with zero attached hydrogens (tertiary/aromatic N) is 4. The molecule has 0 spiro atoms. The van der Waals surface area contributed by atoms with Crippen LogP contribution < -0.4 is 11.1 Å². The van der Waals surface area contributed by atoms with E-state index in [1.165, 1.54) is 4.88 Å². The van der Waals surface area contributed by atoms with Crippen LogP contribution >= 0.6 is 22.9 Å². The van der Waals surface area contributed by atoms with Crippen molar-refractivity contribution in [2.75, 3.05) is 13.1 Å². The normalized spacial score (nSPS) is 15.2. The maximum Gasteiger partial charge on any atom is 0.222 e. The van der Waals surface area contributed by atoms with E-state index in [9.17, 15) is 4.79 Å². The highest BCUT2D eigenvalue weighted by molar-refractivity contribution is 7.15. The van der Waals surface area contributed by atoms with Gasteiger partial charge < -0.3 is 11.1 Å². The number of carbonyl (C=O) groups is 1. The Morgan fingerprint density at radius 3 is 2.67 bits per heavy atom. The fourth-order valence-corrected chi connectivity index (χ4v) is 4.93. The van der Waals surface area contributed by atoms with Gasteiger partial charge in [-0.05, 0) is 38.5 Å². The molecule has 1 aliphatic heterocycles. The number of aromatic nitrogens is 3. The first-order chi connectivity index (χ1) is 14.4. The van der Waals surface area contributed by atoms with E-state index in [0.29, 0.717) is 23.9 Å². The van der Waals surface area contributed by atoms with Crippen molar-refractivity contribution in [1.29, 1.82) is 0 Å². The second kappa shape index (κ2) is 8.29. The van der Waals surface area contributed by atoms with Crippen molar-refractivity contribution in [2.24, 2.45) is 10.7 Å². The zero-order valence-electron chi connectivity index (χ0n) is 17.1. The molecule has 0 fully saturated rings. The second-order valence-corrected chi connectivity index (χ2v) is 8.89. The number of nitrogens with two attached hydrogens (primary N) is 1. The first-order valence-corrected chi connectivity index (χ1v) is 10.9. The summed E-state index contributed by atoms with van der Waals surface area (Å²) in [4.78, 5) is 18.8. The third-order valence-electron chi connectivity index (χ3n) is 5.20. The molecule has 2 aromatic heterocycles. The highest BCUT2D eigenvalue weighted by Gasteiger charge is 2.32. The molecular formula is C21H23ClN6OS. The molecule has 0 aliphatic carbocycles. The predicted molar refractivity (Wildman–Crippen MR) is 120 cm³/mol. The maximum atomic E-state index is 12.5. The molecule has 30 heavy (non-hydrogen) atoms. The molecule has 3 N–H and O–H groups in total. The Hall–Kier alpha value is -2.55. The van der Waals surface area contributed by atoms with Crippen LogP contribution in [0, 0.1) is 20.8 Å².